The van der Waals surface area contributed by atoms with Crippen LogP contribution in [0, 0.1) is 13.8 Å². The van der Waals surface area contributed by atoms with Gasteiger partial charge in [-0.25, -0.2) is 0 Å². The first-order valence-corrected chi connectivity index (χ1v) is 7.36. The summed E-state index contributed by atoms with van der Waals surface area (Å²) in [5.74, 6) is 1.50. The zero-order valence-corrected chi connectivity index (χ0v) is 12.4. The highest BCUT2D eigenvalue weighted by Gasteiger charge is 2.25. The third-order valence-corrected chi connectivity index (χ3v) is 4.64. The molecule has 0 spiro atoms. The lowest BCUT2D eigenvalue weighted by Gasteiger charge is -2.23. The van der Waals surface area contributed by atoms with Gasteiger partial charge in [-0.2, -0.15) is 0 Å². The van der Waals surface area contributed by atoms with Crippen LogP contribution in [0.25, 0.3) is 0 Å². The molecule has 1 saturated carbocycles. The lowest BCUT2D eigenvalue weighted by atomic mass is 9.87. The fourth-order valence-electron chi connectivity index (χ4n) is 3.04. The quantitative estimate of drug-likeness (QED) is 0.543. The zero-order valence-electron chi connectivity index (χ0n) is 11.6. The lowest BCUT2D eigenvalue weighted by Crippen LogP contribution is -2.13. The molecule has 2 heteroatoms. The number of halogens is 1. The van der Waals surface area contributed by atoms with E-state index in [0.717, 1.165) is 12.2 Å². The first-order chi connectivity index (χ1) is 8.63. The van der Waals surface area contributed by atoms with E-state index in [1.54, 1.807) is 7.11 Å². The summed E-state index contributed by atoms with van der Waals surface area (Å²) in [6, 6.07) is 4.43. The average Bonchev–Trinajstić information content (AvgIpc) is 2.56. The Morgan fingerprint density at radius 1 is 1.06 bits per heavy atom. The van der Waals surface area contributed by atoms with Crippen LogP contribution in [-0.2, 0) is 0 Å². The number of ether oxygens (including phenoxy) is 1. The number of aryl methyl sites for hydroxylation is 2. The van der Waals surface area contributed by atoms with Crippen molar-refractivity contribution in [3.05, 3.63) is 28.8 Å². The Morgan fingerprint density at radius 3 is 2.50 bits per heavy atom. The van der Waals surface area contributed by atoms with E-state index in [1.807, 2.05) is 0 Å². The Kier molecular flexibility index (Phi) is 4.55. The molecule has 1 nitrogen and oxygen atoms in total. The number of benzene rings is 1. The van der Waals surface area contributed by atoms with Crippen molar-refractivity contribution < 1.29 is 4.74 Å². The predicted molar refractivity (Wildman–Crippen MR) is 77.9 cm³/mol. The predicted octanol–water partition coefficient (Wildman–Crippen LogP) is 4.97. The van der Waals surface area contributed by atoms with Crippen molar-refractivity contribution in [2.45, 2.75) is 57.2 Å². The molecule has 2 rings (SSSR count). The first kappa shape index (κ1) is 13.7. The molecule has 100 valence electrons. The SMILES string of the molecule is COc1cc(C)c(C2CCCCCC2Cl)cc1C. The van der Waals surface area contributed by atoms with E-state index in [1.165, 1.54) is 42.4 Å². The van der Waals surface area contributed by atoms with Gasteiger partial charge in [0.15, 0.2) is 0 Å². The van der Waals surface area contributed by atoms with Crippen LogP contribution < -0.4 is 4.74 Å². The standard InChI is InChI=1S/C16H23ClO/c1-11-10-16(18-3)12(2)9-14(11)13-7-5-4-6-8-15(13)17/h9-10,13,15H,4-8H2,1-3H3. The summed E-state index contributed by atoms with van der Waals surface area (Å²) in [5, 5.41) is 0.291. The van der Waals surface area contributed by atoms with E-state index in [0.29, 0.717) is 11.3 Å². The van der Waals surface area contributed by atoms with Crippen molar-refractivity contribution >= 4 is 11.6 Å². The third-order valence-electron chi connectivity index (χ3n) is 4.11. The van der Waals surface area contributed by atoms with Crippen molar-refractivity contribution in [1.29, 1.82) is 0 Å². The monoisotopic (exact) mass is 266 g/mol. The first-order valence-electron chi connectivity index (χ1n) is 6.92. The smallest absolute Gasteiger partial charge is 0.122 e. The molecule has 0 saturated heterocycles. The fraction of sp³-hybridized carbons (Fsp3) is 0.625. The van der Waals surface area contributed by atoms with Gasteiger partial charge in [0.25, 0.3) is 0 Å². The molecule has 18 heavy (non-hydrogen) atoms. The van der Waals surface area contributed by atoms with Gasteiger partial charge in [0.05, 0.1) is 7.11 Å². The zero-order chi connectivity index (χ0) is 13.1. The van der Waals surface area contributed by atoms with E-state index < -0.39 is 0 Å². The van der Waals surface area contributed by atoms with Gasteiger partial charge in [0.1, 0.15) is 5.75 Å². The second kappa shape index (κ2) is 5.97. The lowest BCUT2D eigenvalue weighted by molar-refractivity contribution is 0.411. The maximum atomic E-state index is 6.59. The van der Waals surface area contributed by atoms with Crippen molar-refractivity contribution in [3.63, 3.8) is 0 Å². The third kappa shape index (κ3) is 2.83. The molecule has 0 aliphatic heterocycles. The van der Waals surface area contributed by atoms with Crippen LogP contribution in [-0.4, -0.2) is 12.5 Å². The molecule has 0 amide bonds. The molecule has 1 aromatic rings. The summed E-state index contributed by atoms with van der Waals surface area (Å²) in [6.45, 7) is 4.29. The van der Waals surface area contributed by atoms with Gasteiger partial charge in [-0.3, -0.25) is 0 Å². The number of hydrogen-bond acceptors (Lipinski definition) is 1. The summed E-state index contributed by atoms with van der Waals surface area (Å²) < 4.78 is 5.39. The second-order valence-corrected chi connectivity index (χ2v) is 6.00. The Hall–Kier alpha value is -0.690. The van der Waals surface area contributed by atoms with Crippen molar-refractivity contribution in [2.24, 2.45) is 0 Å². The largest absolute Gasteiger partial charge is 0.496 e. The van der Waals surface area contributed by atoms with Crippen molar-refractivity contribution in [2.75, 3.05) is 7.11 Å². The fourth-order valence-corrected chi connectivity index (χ4v) is 3.46. The number of rotatable bonds is 2. The minimum absolute atomic E-state index is 0.291. The van der Waals surface area contributed by atoms with E-state index in [9.17, 15) is 0 Å². The van der Waals surface area contributed by atoms with E-state index >= 15 is 0 Å². The van der Waals surface area contributed by atoms with Crippen molar-refractivity contribution in [3.8, 4) is 5.75 Å². The molecule has 0 heterocycles. The van der Waals surface area contributed by atoms with E-state index in [4.69, 9.17) is 16.3 Å². The molecular weight excluding hydrogens is 244 g/mol. The van der Waals surface area contributed by atoms with E-state index in [2.05, 4.69) is 26.0 Å². The van der Waals surface area contributed by atoms with Crippen LogP contribution >= 0.6 is 11.6 Å². The van der Waals surface area contributed by atoms with Crippen LogP contribution in [0.1, 0.15) is 54.7 Å². The van der Waals surface area contributed by atoms with Gasteiger partial charge in [0, 0.05) is 11.3 Å². The Morgan fingerprint density at radius 2 is 1.78 bits per heavy atom. The average molecular weight is 267 g/mol. The van der Waals surface area contributed by atoms with Crippen molar-refractivity contribution in [1.82, 2.24) is 0 Å². The van der Waals surface area contributed by atoms with Gasteiger partial charge >= 0.3 is 0 Å². The van der Waals surface area contributed by atoms with Crippen LogP contribution in [0.4, 0.5) is 0 Å². The summed E-state index contributed by atoms with van der Waals surface area (Å²) in [6.07, 6.45) is 6.28. The minimum atomic E-state index is 0.291. The van der Waals surface area contributed by atoms with Crippen LogP contribution in [0.5, 0.6) is 5.75 Å². The van der Waals surface area contributed by atoms with Gasteiger partial charge in [-0.1, -0.05) is 25.3 Å². The van der Waals surface area contributed by atoms with Gasteiger partial charge in [0.2, 0.25) is 0 Å². The molecular formula is C16H23ClO. The Bertz CT molecular complexity index is 414. The molecule has 1 fully saturated rings. The molecule has 2 atom stereocenters. The summed E-state index contributed by atoms with van der Waals surface area (Å²) in [7, 11) is 1.73. The maximum absolute atomic E-state index is 6.59. The van der Waals surface area contributed by atoms with Gasteiger partial charge in [-0.15, -0.1) is 11.6 Å². The Labute approximate surface area is 115 Å². The molecule has 2 unspecified atom stereocenters. The van der Waals surface area contributed by atoms with Crippen LogP contribution in [0.3, 0.4) is 0 Å². The van der Waals surface area contributed by atoms with Crippen LogP contribution in [0.15, 0.2) is 12.1 Å². The molecule has 1 aliphatic rings. The van der Waals surface area contributed by atoms with Gasteiger partial charge < -0.3 is 4.74 Å². The molecule has 0 N–H and O–H groups in total. The second-order valence-electron chi connectivity index (χ2n) is 5.44. The molecule has 0 radical (unpaired) electrons. The summed E-state index contributed by atoms with van der Waals surface area (Å²) >= 11 is 6.59. The maximum Gasteiger partial charge on any atom is 0.122 e. The normalized spacial score (nSPS) is 24.7. The van der Waals surface area contributed by atoms with Crippen LogP contribution in [0.2, 0.25) is 0 Å². The number of hydrogen-bond donors (Lipinski definition) is 0. The minimum Gasteiger partial charge on any atom is -0.496 e. The summed E-state index contributed by atoms with van der Waals surface area (Å²) in [4.78, 5) is 0. The topological polar surface area (TPSA) is 9.23 Å². The highest BCUT2D eigenvalue weighted by Crippen LogP contribution is 2.38. The Balaban J connectivity index is 2.34. The van der Waals surface area contributed by atoms with Gasteiger partial charge in [-0.05, 0) is 49.4 Å². The highest BCUT2D eigenvalue weighted by atomic mass is 35.5. The number of methoxy groups -OCH3 is 1. The molecule has 0 bridgehead atoms. The van der Waals surface area contributed by atoms with E-state index in [-0.39, 0.29) is 0 Å². The molecule has 1 aliphatic carbocycles. The summed E-state index contributed by atoms with van der Waals surface area (Å²) in [5.41, 5.74) is 3.96. The highest BCUT2D eigenvalue weighted by molar-refractivity contribution is 6.21. The number of alkyl halides is 1. The molecule has 0 aromatic heterocycles. The molecule has 1 aromatic carbocycles.